The highest BCUT2D eigenvalue weighted by Crippen LogP contribution is 2.25. The number of nitrogens with one attached hydrogen (secondary N) is 1. The Morgan fingerprint density at radius 1 is 1.11 bits per heavy atom. The van der Waals surface area contributed by atoms with Crippen molar-refractivity contribution >= 4 is 34.1 Å². The van der Waals surface area contributed by atoms with Crippen LogP contribution in [0.5, 0.6) is 0 Å². The molecule has 0 radical (unpaired) electrons. The van der Waals surface area contributed by atoms with Crippen LogP contribution in [0.1, 0.15) is 42.5 Å². The van der Waals surface area contributed by atoms with Gasteiger partial charge in [0.15, 0.2) is 5.78 Å². The second-order valence-electron chi connectivity index (χ2n) is 8.92. The quantitative estimate of drug-likeness (QED) is 0.400. The van der Waals surface area contributed by atoms with Gasteiger partial charge in [-0.1, -0.05) is 36.4 Å². The summed E-state index contributed by atoms with van der Waals surface area (Å²) >= 11 is 0. The van der Waals surface area contributed by atoms with E-state index in [2.05, 4.69) is 24.1 Å². The molecule has 0 spiro atoms. The van der Waals surface area contributed by atoms with Crippen molar-refractivity contribution in [2.24, 2.45) is 0 Å². The summed E-state index contributed by atoms with van der Waals surface area (Å²) in [4.78, 5) is 39.3. The highest BCUT2D eigenvalue weighted by atomic mass is 16.5. The standard InChI is InChI=1S/C30H32N2O5/c1-4-32(5-2)23-13-14-24-20(3)25(29(34)37-28(24)18-23)15-16-36-30(35)31-19-21-9-8-10-22(17-21)26-11-6-7-12-27(26)33/h6-11,13-14,17-18H,4-5,12,15-16,19H2,1-3H3,(H,31,35). The molecule has 2 aromatic carbocycles. The number of ketones is 1. The van der Waals surface area contributed by atoms with Crippen LogP contribution in [0.15, 0.2) is 69.9 Å². The molecule has 0 fully saturated rings. The zero-order chi connectivity index (χ0) is 26.4. The average molecular weight is 501 g/mol. The predicted molar refractivity (Wildman–Crippen MR) is 146 cm³/mol. The lowest BCUT2D eigenvalue weighted by atomic mass is 9.95. The van der Waals surface area contributed by atoms with E-state index >= 15 is 0 Å². The zero-order valence-electron chi connectivity index (χ0n) is 21.5. The van der Waals surface area contributed by atoms with Gasteiger partial charge in [-0.2, -0.15) is 0 Å². The van der Waals surface area contributed by atoms with Crippen LogP contribution in [0.4, 0.5) is 10.5 Å². The third-order valence-corrected chi connectivity index (χ3v) is 6.66. The van der Waals surface area contributed by atoms with Crippen LogP contribution >= 0.6 is 0 Å². The highest BCUT2D eigenvalue weighted by Gasteiger charge is 2.15. The number of Topliss-reactive ketones (excluding diaryl/α,β-unsaturated/α-hetero) is 1. The molecule has 7 heteroatoms. The van der Waals surface area contributed by atoms with Crippen molar-refractivity contribution in [3.8, 4) is 0 Å². The molecule has 7 nitrogen and oxygen atoms in total. The number of amides is 1. The van der Waals surface area contributed by atoms with Gasteiger partial charge in [-0.3, -0.25) is 4.79 Å². The number of carbonyl (C=O) groups excluding carboxylic acids is 2. The minimum Gasteiger partial charge on any atom is -0.449 e. The Morgan fingerprint density at radius 2 is 1.92 bits per heavy atom. The summed E-state index contributed by atoms with van der Waals surface area (Å²) in [6, 6.07) is 13.4. The summed E-state index contributed by atoms with van der Waals surface area (Å²) < 4.78 is 10.9. The molecule has 0 unspecified atom stereocenters. The summed E-state index contributed by atoms with van der Waals surface area (Å²) in [7, 11) is 0. The van der Waals surface area contributed by atoms with Gasteiger partial charge in [0.25, 0.3) is 0 Å². The van der Waals surface area contributed by atoms with Crippen molar-refractivity contribution in [1.82, 2.24) is 5.32 Å². The van der Waals surface area contributed by atoms with Crippen LogP contribution in [-0.2, 0) is 22.5 Å². The zero-order valence-corrected chi connectivity index (χ0v) is 21.5. The van der Waals surface area contributed by atoms with E-state index in [1.165, 1.54) is 0 Å². The van der Waals surface area contributed by atoms with Crippen LogP contribution in [0, 0.1) is 6.92 Å². The predicted octanol–water partition coefficient (Wildman–Crippen LogP) is 5.33. The van der Waals surface area contributed by atoms with E-state index in [9.17, 15) is 14.4 Å². The van der Waals surface area contributed by atoms with Crippen LogP contribution < -0.4 is 15.8 Å². The van der Waals surface area contributed by atoms with Crippen molar-refractivity contribution < 1.29 is 18.7 Å². The first-order valence-corrected chi connectivity index (χ1v) is 12.6. The number of carbonyl (C=O) groups is 2. The molecule has 0 saturated carbocycles. The summed E-state index contributed by atoms with van der Waals surface area (Å²) in [5.74, 6) is 0.0739. The summed E-state index contributed by atoms with van der Waals surface area (Å²) in [5, 5.41) is 3.60. The molecule has 1 aliphatic rings. The van der Waals surface area contributed by atoms with Gasteiger partial charge in [0.1, 0.15) is 5.58 Å². The molecule has 0 saturated heterocycles. The number of ether oxygens (including phenoxy) is 1. The van der Waals surface area contributed by atoms with E-state index in [4.69, 9.17) is 9.15 Å². The van der Waals surface area contributed by atoms with Crippen molar-refractivity contribution in [2.45, 2.75) is 40.2 Å². The van der Waals surface area contributed by atoms with E-state index < -0.39 is 11.7 Å². The Balaban J connectivity index is 1.35. The van der Waals surface area contributed by atoms with Crippen molar-refractivity contribution in [2.75, 3.05) is 24.6 Å². The van der Waals surface area contributed by atoms with Crippen molar-refractivity contribution in [3.05, 3.63) is 93.4 Å². The first kappa shape index (κ1) is 25.9. The Morgan fingerprint density at radius 3 is 2.68 bits per heavy atom. The third-order valence-electron chi connectivity index (χ3n) is 6.66. The lowest BCUT2D eigenvalue weighted by molar-refractivity contribution is -0.113. The maximum Gasteiger partial charge on any atom is 0.407 e. The molecule has 3 aromatic rings. The van der Waals surface area contributed by atoms with Gasteiger partial charge >= 0.3 is 11.7 Å². The molecule has 4 rings (SSSR count). The number of alkyl carbamates (subject to hydrolysis) is 1. The molecule has 192 valence electrons. The van der Waals surface area contributed by atoms with Gasteiger partial charge in [-0.25, -0.2) is 9.59 Å². The summed E-state index contributed by atoms with van der Waals surface area (Å²) in [5.41, 5.74) is 4.83. The highest BCUT2D eigenvalue weighted by molar-refractivity contribution is 6.22. The molecule has 0 aliphatic heterocycles. The third kappa shape index (κ3) is 6.00. The van der Waals surface area contributed by atoms with Gasteiger partial charge in [0, 0.05) is 60.8 Å². The van der Waals surface area contributed by atoms with E-state index in [-0.39, 0.29) is 25.4 Å². The number of hydrogen-bond donors (Lipinski definition) is 1. The molecule has 0 atom stereocenters. The van der Waals surface area contributed by atoms with Gasteiger partial charge < -0.3 is 19.4 Å². The maximum absolute atomic E-state index is 12.7. The fourth-order valence-electron chi connectivity index (χ4n) is 4.58. The van der Waals surface area contributed by atoms with Crippen LogP contribution in [-0.4, -0.2) is 31.6 Å². The summed E-state index contributed by atoms with van der Waals surface area (Å²) in [6.07, 6.45) is 5.59. The minimum absolute atomic E-state index is 0.0498. The van der Waals surface area contributed by atoms with Crippen molar-refractivity contribution in [3.63, 3.8) is 0 Å². The average Bonchev–Trinajstić information content (AvgIpc) is 2.90. The number of benzene rings is 2. The largest absolute Gasteiger partial charge is 0.449 e. The SMILES string of the molecule is CCN(CC)c1ccc2c(C)c(CCOC(=O)NCc3cccc(C4=CC=CCC4=O)c3)c(=O)oc2c1. The van der Waals surface area contributed by atoms with Gasteiger partial charge in [-0.15, -0.1) is 0 Å². The van der Waals surface area contributed by atoms with E-state index in [1.807, 2.05) is 67.6 Å². The fourth-order valence-corrected chi connectivity index (χ4v) is 4.58. The molecule has 1 aliphatic carbocycles. The normalized spacial score (nSPS) is 12.9. The van der Waals surface area contributed by atoms with Gasteiger partial charge in [0.2, 0.25) is 0 Å². The van der Waals surface area contributed by atoms with Crippen LogP contribution in [0.25, 0.3) is 16.5 Å². The molecule has 1 amide bonds. The van der Waals surface area contributed by atoms with E-state index in [1.54, 1.807) is 0 Å². The van der Waals surface area contributed by atoms with E-state index in [0.717, 1.165) is 40.9 Å². The Bertz CT molecular complexity index is 1430. The van der Waals surface area contributed by atoms with E-state index in [0.29, 0.717) is 23.1 Å². The number of nitrogens with zero attached hydrogens (tertiary/aromatic N) is 1. The smallest absolute Gasteiger partial charge is 0.407 e. The number of anilines is 1. The molecule has 0 bridgehead atoms. The minimum atomic E-state index is -0.576. The van der Waals surface area contributed by atoms with Crippen molar-refractivity contribution in [1.29, 1.82) is 0 Å². The summed E-state index contributed by atoms with van der Waals surface area (Å²) in [6.45, 7) is 8.10. The second-order valence-corrected chi connectivity index (χ2v) is 8.92. The number of fused-ring (bicyclic) bond motifs is 1. The molecule has 37 heavy (non-hydrogen) atoms. The Labute approximate surface area is 216 Å². The number of rotatable bonds is 9. The number of aryl methyl sites for hydroxylation is 1. The first-order valence-electron chi connectivity index (χ1n) is 12.6. The monoisotopic (exact) mass is 500 g/mol. The topological polar surface area (TPSA) is 88.9 Å². The number of allylic oxidation sites excluding steroid dienone is 4. The molecular weight excluding hydrogens is 468 g/mol. The van der Waals surface area contributed by atoms with Crippen LogP contribution in [0.2, 0.25) is 0 Å². The first-order chi connectivity index (χ1) is 17.9. The molecule has 1 N–H and O–H groups in total. The maximum atomic E-state index is 12.7. The molecule has 1 heterocycles. The van der Waals surface area contributed by atoms with Gasteiger partial charge in [0.05, 0.1) is 6.61 Å². The molecular formula is C30H32N2O5. The van der Waals surface area contributed by atoms with Crippen LogP contribution in [0.3, 0.4) is 0 Å². The number of hydrogen-bond acceptors (Lipinski definition) is 6. The Kier molecular flexibility index (Phi) is 8.23. The lowest BCUT2D eigenvalue weighted by Gasteiger charge is -2.21. The van der Waals surface area contributed by atoms with Gasteiger partial charge in [-0.05, 0) is 55.7 Å². The second kappa shape index (κ2) is 11.7. The Hall–Kier alpha value is -4.13. The molecule has 1 aromatic heterocycles. The fraction of sp³-hybridized carbons (Fsp3) is 0.300. The lowest BCUT2D eigenvalue weighted by Crippen LogP contribution is -2.25.